The number of amides is 2. The maximum atomic E-state index is 11.4. The zero-order chi connectivity index (χ0) is 11.7. The third-order valence-corrected chi connectivity index (χ3v) is 2.36. The van der Waals surface area contributed by atoms with Crippen LogP contribution in [0.4, 0.5) is 0 Å². The zero-order valence-electron chi connectivity index (χ0n) is 8.21. The van der Waals surface area contributed by atoms with Crippen LogP contribution >= 0.6 is 0 Å². The molecular formula is C9H9N3O4. The number of carboxylic acid groups (broad SMARTS) is 1. The Kier molecular flexibility index (Phi) is 2.43. The van der Waals surface area contributed by atoms with Gasteiger partial charge in [-0.3, -0.25) is 19.6 Å². The Labute approximate surface area is 90.1 Å². The van der Waals surface area contributed by atoms with E-state index >= 15 is 0 Å². The predicted octanol–water partition coefficient (Wildman–Crippen LogP) is -0.441. The molecule has 7 heteroatoms. The first-order valence-corrected chi connectivity index (χ1v) is 4.70. The van der Waals surface area contributed by atoms with Crippen LogP contribution in [0.3, 0.4) is 0 Å². The van der Waals surface area contributed by atoms with E-state index in [0.717, 1.165) is 0 Å². The fraction of sp³-hybridized carbons (Fsp3) is 0.333. The van der Waals surface area contributed by atoms with Gasteiger partial charge in [0, 0.05) is 12.6 Å². The van der Waals surface area contributed by atoms with Gasteiger partial charge in [-0.1, -0.05) is 0 Å². The van der Waals surface area contributed by atoms with Crippen LogP contribution in [0.1, 0.15) is 29.4 Å². The Morgan fingerprint density at radius 2 is 2.31 bits per heavy atom. The fourth-order valence-electron chi connectivity index (χ4n) is 1.56. The number of carbonyl (C=O) groups is 3. The number of hydrogen-bond acceptors (Lipinski definition) is 4. The lowest BCUT2D eigenvalue weighted by Gasteiger charge is -2.20. The van der Waals surface area contributed by atoms with Gasteiger partial charge in [0.15, 0.2) is 5.69 Å². The number of imide groups is 1. The molecule has 2 heterocycles. The van der Waals surface area contributed by atoms with E-state index in [0.29, 0.717) is 6.42 Å². The van der Waals surface area contributed by atoms with Gasteiger partial charge >= 0.3 is 5.97 Å². The number of hydrogen-bond donors (Lipinski definition) is 2. The molecule has 0 spiro atoms. The van der Waals surface area contributed by atoms with Crippen molar-refractivity contribution in [3.8, 4) is 0 Å². The minimum Gasteiger partial charge on any atom is -0.476 e. The number of aromatic nitrogens is 2. The highest BCUT2D eigenvalue weighted by molar-refractivity contribution is 5.99. The summed E-state index contributed by atoms with van der Waals surface area (Å²) < 4.78 is 1.27. The molecule has 1 aromatic heterocycles. The van der Waals surface area contributed by atoms with E-state index in [4.69, 9.17) is 5.11 Å². The Hall–Kier alpha value is -2.18. The Morgan fingerprint density at radius 3 is 2.88 bits per heavy atom. The summed E-state index contributed by atoms with van der Waals surface area (Å²) >= 11 is 0. The van der Waals surface area contributed by atoms with Gasteiger partial charge in [0.1, 0.15) is 6.04 Å². The maximum Gasteiger partial charge on any atom is 0.356 e. The summed E-state index contributed by atoms with van der Waals surface area (Å²) in [5, 5.41) is 14.6. The van der Waals surface area contributed by atoms with Gasteiger partial charge in [-0.05, 0) is 12.5 Å². The van der Waals surface area contributed by atoms with Crippen LogP contribution in [0.25, 0.3) is 0 Å². The molecule has 2 rings (SSSR count). The standard InChI is InChI=1S/C9H9N3O4/c13-7-2-1-6(8(14)10-7)12-4-3-5(11-12)9(15)16/h3-4,6H,1-2H2,(H,15,16)(H,10,13,14). The van der Waals surface area contributed by atoms with Crippen molar-refractivity contribution in [3.05, 3.63) is 18.0 Å². The molecule has 1 fully saturated rings. The molecule has 7 nitrogen and oxygen atoms in total. The number of carboxylic acids is 1. The average molecular weight is 223 g/mol. The summed E-state index contributed by atoms with van der Waals surface area (Å²) in [6.45, 7) is 0. The lowest BCUT2D eigenvalue weighted by Crippen LogP contribution is -2.41. The van der Waals surface area contributed by atoms with Crippen LogP contribution in [-0.2, 0) is 9.59 Å². The van der Waals surface area contributed by atoms with Crippen molar-refractivity contribution in [3.63, 3.8) is 0 Å². The van der Waals surface area contributed by atoms with E-state index in [9.17, 15) is 14.4 Å². The van der Waals surface area contributed by atoms with Gasteiger partial charge in [0.05, 0.1) is 0 Å². The van der Waals surface area contributed by atoms with E-state index in [1.165, 1.54) is 16.9 Å². The number of piperidine rings is 1. The summed E-state index contributed by atoms with van der Waals surface area (Å²) in [6, 6.07) is 0.706. The van der Waals surface area contributed by atoms with Crippen molar-refractivity contribution in [2.75, 3.05) is 0 Å². The van der Waals surface area contributed by atoms with Gasteiger partial charge in [0.2, 0.25) is 5.91 Å². The Bertz CT molecular complexity index is 465. The predicted molar refractivity (Wildman–Crippen MR) is 50.6 cm³/mol. The molecule has 0 aliphatic carbocycles. The number of aromatic carboxylic acids is 1. The van der Waals surface area contributed by atoms with Crippen molar-refractivity contribution < 1.29 is 19.5 Å². The van der Waals surface area contributed by atoms with Crippen molar-refractivity contribution in [1.82, 2.24) is 15.1 Å². The monoisotopic (exact) mass is 223 g/mol. The second-order valence-corrected chi connectivity index (χ2v) is 3.45. The highest BCUT2D eigenvalue weighted by Gasteiger charge is 2.28. The molecule has 0 aromatic carbocycles. The smallest absolute Gasteiger partial charge is 0.356 e. The number of nitrogens with one attached hydrogen (secondary N) is 1. The van der Waals surface area contributed by atoms with Crippen LogP contribution in [0.15, 0.2) is 12.3 Å². The quantitative estimate of drug-likeness (QED) is 0.662. The molecule has 1 unspecified atom stereocenters. The van der Waals surface area contributed by atoms with Crippen LogP contribution in [0.5, 0.6) is 0 Å². The molecule has 84 valence electrons. The third kappa shape index (κ3) is 1.79. The molecule has 2 amide bonds. The SMILES string of the molecule is O=C1CCC(n2ccc(C(=O)O)n2)C(=O)N1. The zero-order valence-corrected chi connectivity index (χ0v) is 8.21. The van der Waals surface area contributed by atoms with Crippen LogP contribution < -0.4 is 5.32 Å². The molecule has 1 aromatic rings. The first-order valence-electron chi connectivity index (χ1n) is 4.70. The highest BCUT2D eigenvalue weighted by Crippen LogP contribution is 2.17. The molecule has 1 aliphatic rings. The van der Waals surface area contributed by atoms with Crippen LogP contribution in [0.2, 0.25) is 0 Å². The maximum absolute atomic E-state index is 11.4. The number of rotatable bonds is 2. The van der Waals surface area contributed by atoms with Crippen molar-refractivity contribution >= 4 is 17.8 Å². The normalized spacial score (nSPS) is 20.6. The molecule has 1 saturated heterocycles. The molecule has 0 radical (unpaired) electrons. The number of carbonyl (C=O) groups excluding carboxylic acids is 2. The van der Waals surface area contributed by atoms with Crippen molar-refractivity contribution in [2.24, 2.45) is 0 Å². The first-order chi connectivity index (χ1) is 7.58. The second-order valence-electron chi connectivity index (χ2n) is 3.45. The van der Waals surface area contributed by atoms with E-state index in [1.54, 1.807) is 0 Å². The first kappa shape index (κ1) is 10.3. The minimum atomic E-state index is -1.15. The molecule has 1 atom stereocenters. The van der Waals surface area contributed by atoms with E-state index < -0.39 is 17.9 Å². The topological polar surface area (TPSA) is 101 Å². The number of nitrogens with zero attached hydrogens (tertiary/aromatic N) is 2. The van der Waals surface area contributed by atoms with E-state index in [2.05, 4.69) is 10.4 Å². The fourth-order valence-corrected chi connectivity index (χ4v) is 1.56. The van der Waals surface area contributed by atoms with E-state index in [1.807, 2.05) is 0 Å². The van der Waals surface area contributed by atoms with Crippen LogP contribution in [0, 0.1) is 0 Å². The summed E-state index contributed by atoms with van der Waals surface area (Å²) in [6.07, 6.45) is 1.99. The van der Waals surface area contributed by atoms with Crippen molar-refractivity contribution in [2.45, 2.75) is 18.9 Å². The molecule has 16 heavy (non-hydrogen) atoms. The summed E-state index contributed by atoms with van der Waals surface area (Å²) in [7, 11) is 0. The molecule has 0 saturated carbocycles. The minimum absolute atomic E-state index is 0.121. The lowest BCUT2D eigenvalue weighted by atomic mass is 10.1. The Morgan fingerprint density at radius 1 is 1.56 bits per heavy atom. The van der Waals surface area contributed by atoms with Gasteiger partial charge in [-0.2, -0.15) is 5.10 Å². The molecule has 0 bridgehead atoms. The summed E-state index contributed by atoms with van der Waals surface area (Å²) in [5.41, 5.74) is -0.121. The van der Waals surface area contributed by atoms with Crippen LogP contribution in [-0.4, -0.2) is 32.7 Å². The summed E-state index contributed by atoms with van der Waals surface area (Å²) in [5.74, 6) is -1.91. The largest absolute Gasteiger partial charge is 0.476 e. The average Bonchev–Trinajstić information content (AvgIpc) is 2.66. The molecule has 2 N–H and O–H groups in total. The molecular weight excluding hydrogens is 214 g/mol. The van der Waals surface area contributed by atoms with E-state index in [-0.39, 0.29) is 18.0 Å². The lowest BCUT2D eigenvalue weighted by molar-refractivity contribution is -0.136. The second kappa shape index (κ2) is 3.76. The van der Waals surface area contributed by atoms with Gasteiger partial charge in [-0.25, -0.2) is 4.79 Å². The highest BCUT2D eigenvalue weighted by atomic mass is 16.4. The van der Waals surface area contributed by atoms with Gasteiger partial charge in [0.25, 0.3) is 5.91 Å². The van der Waals surface area contributed by atoms with Gasteiger partial charge < -0.3 is 5.11 Å². The summed E-state index contributed by atoms with van der Waals surface area (Å²) in [4.78, 5) is 33.0. The van der Waals surface area contributed by atoms with Gasteiger partial charge in [-0.15, -0.1) is 0 Å². The van der Waals surface area contributed by atoms with Crippen molar-refractivity contribution in [1.29, 1.82) is 0 Å². The molecule has 1 aliphatic heterocycles. The Balaban J connectivity index is 2.20. The third-order valence-electron chi connectivity index (χ3n) is 2.36.